The molecule has 2 heterocycles. The molecule has 0 amide bonds. The molecule has 0 unspecified atom stereocenters. The minimum Gasteiger partial charge on any atom is -0.362 e. The van der Waals surface area contributed by atoms with Crippen LogP contribution in [0, 0.1) is 6.92 Å². The van der Waals surface area contributed by atoms with Gasteiger partial charge in [-0.1, -0.05) is 5.16 Å². The van der Waals surface area contributed by atoms with Gasteiger partial charge < -0.3 is 15.2 Å². The van der Waals surface area contributed by atoms with Crippen LogP contribution in [-0.2, 0) is 12.7 Å². The Bertz CT molecular complexity index is 612. The third kappa shape index (κ3) is 4.04. The second-order valence-electron chi connectivity index (χ2n) is 4.07. The summed E-state index contributed by atoms with van der Waals surface area (Å²) in [6.07, 6.45) is -4.55. The largest absolute Gasteiger partial charge is 0.433 e. The quantitative estimate of drug-likeness (QED) is 0.875. The lowest BCUT2D eigenvalue weighted by Gasteiger charge is -2.11. The van der Waals surface area contributed by atoms with E-state index < -0.39 is 11.9 Å². The van der Waals surface area contributed by atoms with Gasteiger partial charge in [-0.2, -0.15) is 23.1 Å². The predicted molar refractivity (Wildman–Crippen MR) is 67.6 cm³/mol. The summed E-state index contributed by atoms with van der Waals surface area (Å²) >= 11 is 0. The molecule has 7 nitrogen and oxygen atoms in total. The zero-order valence-corrected chi connectivity index (χ0v) is 11.3. The maximum Gasteiger partial charge on any atom is 0.433 e. The van der Waals surface area contributed by atoms with Crippen LogP contribution in [-0.4, -0.2) is 26.7 Å². The van der Waals surface area contributed by atoms with Crippen molar-refractivity contribution in [3.05, 3.63) is 23.5 Å². The molecule has 0 bridgehead atoms. The number of hydrogen-bond acceptors (Lipinski definition) is 7. The van der Waals surface area contributed by atoms with Crippen molar-refractivity contribution in [1.82, 2.24) is 20.1 Å². The topological polar surface area (TPSA) is 88.8 Å². The number of nitrogens with zero attached hydrogens (tertiary/aromatic N) is 4. The molecule has 2 N–H and O–H groups in total. The molecular weight excluding hydrogens is 289 g/mol. The zero-order valence-electron chi connectivity index (χ0n) is 11.3. The second kappa shape index (κ2) is 5.94. The summed E-state index contributed by atoms with van der Waals surface area (Å²) in [4.78, 5) is 11.3. The number of aromatic nitrogens is 4. The second-order valence-corrected chi connectivity index (χ2v) is 4.07. The van der Waals surface area contributed by atoms with Crippen molar-refractivity contribution in [2.75, 3.05) is 17.2 Å². The van der Waals surface area contributed by atoms with Crippen LogP contribution in [0.2, 0.25) is 0 Å². The molecule has 10 heteroatoms. The van der Waals surface area contributed by atoms with Crippen LogP contribution in [0.15, 0.2) is 10.6 Å². The summed E-state index contributed by atoms with van der Waals surface area (Å²) in [6, 6.07) is 0.827. The fourth-order valence-corrected chi connectivity index (χ4v) is 1.50. The van der Waals surface area contributed by atoms with E-state index in [-0.39, 0.29) is 18.3 Å². The number of aryl methyl sites for hydroxylation is 1. The van der Waals surface area contributed by atoms with E-state index in [2.05, 4.69) is 30.7 Å². The van der Waals surface area contributed by atoms with Crippen LogP contribution in [0.25, 0.3) is 0 Å². The Hall–Kier alpha value is -2.39. The van der Waals surface area contributed by atoms with Crippen molar-refractivity contribution in [2.45, 2.75) is 26.6 Å². The van der Waals surface area contributed by atoms with E-state index in [1.807, 2.05) is 0 Å². The van der Waals surface area contributed by atoms with Gasteiger partial charge in [0, 0.05) is 19.5 Å². The van der Waals surface area contributed by atoms with Crippen molar-refractivity contribution < 1.29 is 17.7 Å². The highest BCUT2D eigenvalue weighted by Crippen LogP contribution is 2.29. The summed E-state index contributed by atoms with van der Waals surface area (Å²) in [7, 11) is 0. The van der Waals surface area contributed by atoms with Gasteiger partial charge in [0.05, 0.1) is 6.54 Å². The molecule has 0 aliphatic carbocycles. The molecular formula is C11H13F3N6O. The molecule has 0 saturated carbocycles. The first kappa shape index (κ1) is 15.0. The maximum absolute atomic E-state index is 12.8. The number of alkyl halides is 3. The van der Waals surface area contributed by atoms with Gasteiger partial charge in [-0.25, -0.2) is 4.98 Å². The van der Waals surface area contributed by atoms with Crippen LogP contribution in [0.3, 0.4) is 0 Å². The first-order valence-corrected chi connectivity index (χ1v) is 6.11. The van der Waals surface area contributed by atoms with Gasteiger partial charge in [0.25, 0.3) is 0 Å². The van der Waals surface area contributed by atoms with Crippen molar-refractivity contribution in [2.24, 2.45) is 0 Å². The van der Waals surface area contributed by atoms with Gasteiger partial charge >= 0.3 is 6.18 Å². The van der Waals surface area contributed by atoms with Gasteiger partial charge in [-0.05, 0) is 6.92 Å². The predicted octanol–water partition coefficient (Wildman–Crippen LogP) is 2.23. The van der Waals surface area contributed by atoms with Gasteiger partial charge in [-0.3, -0.25) is 0 Å². The Morgan fingerprint density at radius 2 is 1.95 bits per heavy atom. The molecule has 0 aromatic carbocycles. The molecule has 0 radical (unpaired) electrons. The van der Waals surface area contributed by atoms with E-state index in [9.17, 15) is 13.2 Å². The molecule has 0 atom stereocenters. The van der Waals surface area contributed by atoms with E-state index in [0.29, 0.717) is 18.3 Å². The highest BCUT2D eigenvalue weighted by Gasteiger charge is 2.33. The number of anilines is 2. The van der Waals surface area contributed by atoms with E-state index in [1.165, 1.54) is 0 Å². The molecule has 114 valence electrons. The van der Waals surface area contributed by atoms with Crippen LogP contribution >= 0.6 is 0 Å². The van der Waals surface area contributed by atoms with E-state index in [1.54, 1.807) is 13.8 Å². The smallest absolute Gasteiger partial charge is 0.362 e. The van der Waals surface area contributed by atoms with Gasteiger partial charge in [0.2, 0.25) is 11.8 Å². The van der Waals surface area contributed by atoms with Crippen molar-refractivity contribution >= 4 is 11.8 Å². The SMILES string of the molecule is CCNc1nc(NCc2noc(C)n2)cc(C(F)(F)F)n1. The minimum atomic E-state index is -4.55. The van der Waals surface area contributed by atoms with Crippen LogP contribution in [0.1, 0.15) is 24.3 Å². The van der Waals surface area contributed by atoms with Crippen LogP contribution in [0.4, 0.5) is 24.9 Å². The average molecular weight is 302 g/mol. The Morgan fingerprint density at radius 1 is 1.19 bits per heavy atom. The first-order chi connectivity index (χ1) is 9.88. The summed E-state index contributed by atoms with van der Waals surface area (Å²) in [5, 5.41) is 8.99. The lowest BCUT2D eigenvalue weighted by atomic mass is 10.3. The van der Waals surface area contributed by atoms with Gasteiger partial charge in [-0.15, -0.1) is 0 Å². The lowest BCUT2D eigenvalue weighted by Crippen LogP contribution is -2.14. The molecule has 0 aliphatic heterocycles. The third-order valence-corrected chi connectivity index (χ3v) is 2.35. The number of rotatable bonds is 5. The fourth-order valence-electron chi connectivity index (χ4n) is 1.50. The maximum atomic E-state index is 12.8. The molecule has 0 fully saturated rings. The highest BCUT2D eigenvalue weighted by molar-refractivity contribution is 5.43. The Labute approximate surface area is 118 Å². The third-order valence-electron chi connectivity index (χ3n) is 2.35. The summed E-state index contributed by atoms with van der Waals surface area (Å²) < 4.78 is 43.1. The van der Waals surface area contributed by atoms with Crippen LogP contribution < -0.4 is 10.6 Å². The first-order valence-electron chi connectivity index (χ1n) is 6.11. The summed E-state index contributed by atoms with van der Waals surface area (Å²) in [6.45, 7) is 3.85. The molecule has 21 heavy (non-hydrogen) atoms. The van der Waals surface area contributed by atoms with E-state index in [4.69, 9.17) is 4.52 Å². The lowest BCUT2D eigenvalue weighted by molar-refractivity contribution is -0.141. The molecule has 2 aromatic heterocycles. The van der Waals surface area contributed by atoms with E-state index in [0.717, 1.165) is 6.07 Å². The van der Waals surface area contributed by atoms with Gasteiger partial charge in [0.15, 0.2) is 11.5 Å². The Kier molecular flexibility index (Phi) is 4.24. The Morgan fingerprint density at radius 3 is 2.52 bits per heavy atom. The van der Waals surface area contributed by atoms with Crippen molar-refractivity contribution in [3.8, 4) is 0 Å². The molecule has 0 spiro atoms. The summed E-state index contributed by atoms with van der Waals surface area (Å²) in [5.41, 5.74) is -1.03. The van der Waals surface area contributed by atoms with Crippen molar-refractivity contribution in [3.63, 3.8) is 0 Å². The standard InChI is InChI=1S/C11H13F3N6O/c1-3-15-10-18-7(11(12,13)14)4-8(19-10)16-5-9-17-6(2)21-20-9/h4H,3,5H2,1-2H3,(H2,15,16,18,19). The number of hydrogen-bond donors (Lipinski definition) is 2. The Balaban J connectivity index is 2.19. The van der Waals surface area contributed by atoms with Crippen LogP contribution in [0.5, 0.6) is 0 Å². The number of halogens is 3. The monoisotopic (exact) mass is 302 g/mol. The average Bonchev–Trinajstić information content (AvgIpc) is 2.81. The van der Waals surface area contributed by atoms with Crippen molar-refractivity contribution in [1.29, 1.82) is 0 Å². The molecule has 0 saturated heterocycles. The molecule has 2 aromatic rings. The zero-order chi connectivity index (χ0) is 15.5. The molecule has 2 rings (SSSR count). The summed E-state index contributed by atoms with van der Waals surface area (Å²) in [5.74, 6) is 0.623. The van der Waals surface area contributed by atoms with E-state index >= 15 is 0 Å². The highest BCUT2D eigenvalue weighted by atomic mass is 19.4. The number of nitrogens with one attached hydrogen (secondary N) is 2. The molecule has 0 aliphatic rings. The normalized spacial score (nSPS) is 11.5. The van der Waals surface area contributed by atoms with Gasteiger partial charge in [0.1, 0.15) is 5.82 Å². The fraction of sp³-hybridized carbons (Fsp3) is 0.455. The minimum absolute atomic E-state index is 0.0238.